The van der Waals surface area contributed by atoms with Gasteiger partial charge in [-0.25, -0.2) is 0 Å². The number of hydrogen-bond acceptors (Lipinski definition) is 4. The van der Waals surface area contributed by atoms with E-state index in [-0.39, 0.29) is 11.0 Å². The highest BCUT2D eigenvalue weighted by Crippen LogP contribution is 2.35. The van der Waals surface area contributed by atoms with Crippen molar-refractivity contribution in [2.75, 3.05) is 0 Å². The molecular formula is C11H19N3O. The van der Waals surface area contributed by atoms with Gasteiger partial charge in [0.25, 0.3) is 0 Å². The van der Waals surface area contributed by atoms with Crippen LogP contribution in [0.2, 0.25) is 0 Å². The van der Waals surface area contributed by atoms with Crippen LogP contribution in [0.15, 0.2) is 4.52 Å². The molecule has 1 fully saturated rings. The van der Waals surface area contributed by atoms with Gasteiger partial charge in [0.15, 0.2) is 5.82 Å². The van der Waals surface area contributed by atoms with Gasteiger partial charge in [0.1, 0.15) is 0 Å². The van der Waals surface area contributed by atoms with E-state index in [0.29, 0.717) is 5.89 Å². The van der Waals surface area contributed by atoms with Crippen molar-refractivity contribution in [2.24, 2.45) is 5.73 Å². The van der Waals surface area contributed by atoms with Crippen molar-refractivity contribution >= 4 is 0 Å². The summed E-state index contributed by atoms with van der Waals surface area (Å²) in [5.74, 6) is 1.36. The summed E-state index contributed by atoms with van der Waals surface area (Å²) in [6, 6.07) is 0. The average molecular weight is 209 g/mol. The van der Waals surface area contributed by atoms with Gasteiger partial charge in [0.05, 0.1) is 5.54 Å². The zero-order valence-corrected chi connectivity index (χ0v) is 9.71. The first-order valence-corrected chi connectivity index (χ1v) is 5.55. The lowest BCUT2D eigenvalue weighted by atomic mass is 9.95. The molecule has 0 radical (unpaired) electrons. The first kappa shape index (κ1) is 10.6. The minimum atomic E-state index is -0.365. The van der Waals surface area contributed by atoms with Crippen molar-refractivity contribution in [2.45, 2.75) is 57.4 Å². The first-order chi connectivity index (χ1) is 6.92. The molecule has 0 atom stereocenters. The van der Waals surface area contributed by atoms with Crippen LogP contribution in [0.25, 0.3) is 0 Å². The Morgan fingerprint density at radius 1 is 1.27 bits per heavy atom. The number of nitrogens with zero attached hydrogens (tertiary/aromatic N) is 2. The summed E-state index contributed by atoms with van der Waals surface area (Å²) in [5.41, 5.74) is 5.80. The van der Waals surface area contributed by atoms with Gasteiger partial charge in [-0.2, -0.15) is 4.98 Å². The van der Waals surface area contributed by atoms with Crippen molar-refractivity contribution < 1.29 is 4.52 Å². The molecule has 1 heterocycles. The summed E-state index contributed by atoms with van der Waals surface area (Å²) in [7, 11) is 0. The summed E-state index contributed by atoms with van der Waals surface area (Å²) in [5, 5.41) is 4.01. The third-order valence-corrected chi connectivity index (χ3v) is 3.02. The summed E-state index contributed by atoms with van der Waals surface area (Å²) in [4.78, 5) is 4.43. The average Bonchev–Trinajstić information content (AvgIpc) is 2.69. The smallest absolute Gasteiger partial charge is 0.246 e. The van der Waals surface area contributed by atoms with Crippen LogP contribution < -0.4 is 5.73 Å². The van der Waals surface area contributed by atoms with E-state index in [1.807, 2.05) is 0 Å². The molecule has 1 saturated carbocycles. The number of aromatic nitrogens is 2. The van der Waals surface area contributed by atoms with Crippen molar-refractivity contribution in [3.8, 4) is 0 Å². The topological polar surface area (TPSA) is 64.9 Å². The van der Waals surface area contributed by atoms with Crippen molar-refractivity contribution in [1.82, 2.24) is 10.1 Å². The summed E-state index contributed by atoms with van der Waals surface area (Å²) in [6.07, 6.45) is 4.23. The Bertz CT molecular complexity index is 345. The molecule has 1 aliphatic carbocycles. The second-order valence-electron chi connectivity index (χ2n) is 5.54. The lowest BCUT2D eigenvalue weighted by molar-refractivity contribution is 0.282. The van der Waals surface area contributed by atoms with Crippen molar-refractivity contribution in [3.05, 3.63) is 11.7 Å². The molecule has 2 rings (SSSR count). The van der Waals surface area contributed by atoms with Crippen LogP contribution in [0.1, 0.15) is 58.2 Å². The molecule has 1 aromatic rings. The second-order valence-corrected chi connectivity index (χ2v) is 5.54. The van der Waals surface area contributed by atoms with Gasteiger partial charge in [0, 0.05) is 5.41 Å². The monoisotopic (exact) mass is 209 g/mol. The third-order valence-electron chi connectivity index (χ3n) is 3.02. The largest absolute Gasteiger partial charge is 0.337 e. The fraction of sp³-hybridized carbons (Fsp3) is 0.818. The normalized spacial score (nSPS) is 20.8. The number of nitrogens with two attached hydrogens (primary N) is 1. The molecule has 84 valence electrons. The number of hydrogen-bond donors (Lipinski definition) is 1. The SMILES string of the molecule is CC(C)(C)c1noc(C2(N)CCCC2)n1. The Balaban J connectivity index is 2.27. The van der Waals surface area contributed by atoms with Gasteiger partial charge < -0.3 is 10.3 Å². The summed E-state index contributed by atoms with van der Waals surface area (Å²) in [6.45, 7) is 6.21. The van der Waals surface area contributed by atoms with E-state index in [1.54, 1.807) is 0 Å². The van der Waals surface area contributed by atoms with Gasteiger partial charge >= 0.3 is 0 Å². The van der Waals surface area contributed by atoms with Crippen LogP contribution in [0.3, 0.4) is 0 Å². The van der Waals surface area contributed by atoms with E-state index >= 15 is 0 Å². The van der Waals surface area contributed by atoms with Gasteiger partial charge in [-0.05, 0) is 12.8 Å². The highest BCUT2D eigenvalue weighted by atomic mass is 16.5. The Labute approximate surface area is 90.2 Å². The molecule has 15 heavy (non-hydrogen) atoms. The molecule has 0 saturated heterocycles. The Kier molecular flexibility index (Phi) is 2.34. The lowest BCUT2D eigenvalue weighted by Gasteiger charge is -2.17. The fourth-order valence-electron chi connectivity index (χ4n) is 1.95. The van der Waals surface area contributed by atoms with E-state index in [9.17, 15) is 0 Å². The predicted octanol–water partition coefficient (Wildman–Crippen LogP) is 2.10. The van der Waals surface area contributed by atoms with Crippen molar-refractivity contribution in [1.29, 1.82) is 0 Å². The van der Waals surface area contributed by atoms with E-state index in [4.69, 9.17) is 10.3 Å². The van der Waals surface area contributed by atoms with Crippen LogP contribution >= 0.6 is 0 Å². The molecule has 1 aromatic heterocycles. The maximum absolute atomic E-state index is 6.24. The standard InChI is InChI=1S/C11H19N3O/c1-10(2,3)8-13-9(15-14-8)11(12)6-4-5-7-11/h4-7,12H2,1-3H3. The number of rotatable bonds is 1. The minimum Gasteiger partial charge on any atom is -0.337 e. The Hall–Kier alpha value is -0.900. The second kappa shape index (κ2) is 3.30. The minimum absolute atomic E-state index is 0.0727. The highest BCUT2D eigenvalue weighted by molar-refractivity contribution is 5.08. The predicted molar refractivity (Wildman–Crippen MR) is 57.3 cm³/mol. The maximum atomic E-state index is 6.24. The molecule has 2 N–H and O–H groups in total. The third kappa shape index (κ3) is 1.91. The van der Waals surface area contributed by atoms with Crippen molar-refractivity contribution in [3.63, 3.8) is 0 Å². The molecule has 0 amide bonds. The van der Waals surface area contributed by atoms with Gasteiger partial charge in [-0.3, -0.25) is 0 Å². The van der Waals surface area contributed by atoms with Gasteiger partial charge in [0.2, 0.25) is 5.89 Å². The van der Waals surface area contributed by atoms with Crippen LogP contribution in [-0.4, -0.2) is 10.1 Å². The maximum Gasteiger partial charge on any atom is 0.246 e. The Morgan fingerprint density at radius 2 is 1.87 bits per heavy atom. The quantitative estimate of drug-likeness (QED) is 0.769. The van der Waals surface area contributed by atoms with Gasteiger partial charge in [-0.1, -0.05) is 38.8 Å². The van der Waals surface area contributed by atoms with Crippen LogP contribution in [0, 0.1) is 0 Å². The molecule has 4 heteroatoms. The van der Waals surface area contributed by atoms with E-state index in [0.717, 1.165) is 31.5 Å². The molecule has 1 aliphatic rings. The summed E-state index contributed by atoms with van der Waals surface area (Å²) >= 11 is 0. The van der Waals surface area contributed by atoms with E-state index < -0.39 is 0 Å². The zero-order valence-electron chi connectivity index (χ0n) is 9.71. The molecular weight excluding hydrogens is 190 g/mol. The molecule has 0 unspecified atom stereocenters. The zero-order chi connectivity index (χ0) is 11.1. The molecule has 0 spiro atoms. The lowest BCUT2D eigenvalue weighted by Crippen LogP contribution is -2.33. The summed E-state index contributed by atoms with van der Waals surface area (Å²) < 4.78 is 5.29. The van der Waals surface area contributed by atoms with E-state index in [2.05, 4.69) is 30.9 Å². The first-order valence-electron chi connectivity index (χ1n) is 5.55. The molecule has 0 bridgehead atoms. The van der Waals surface area contributed by atoms with Gasteiger partial charge in [-0.15, -0.1) is 0 Å². The fourth-order valence-corrected chi connectivity index (χ4v) is 1.95. The van der Waals surface area contributed by atoms with Crippen LogP contribution in [-0.2, 0) is 11.0 Å². The molecule has 0 aliphatic heterocycles. The Morgan fingerprint density at radius 3 is 2.33 bits per heavy atom. The van der Waals surface area contributed by atoms with E-state index in [1.165, 1.54) is 0 Å². The van der Waals surface area contributed by atoms with Crippen LogP contribution in [0.4, 0.5) is 0 Å². The molecule has 4 nitrogen and oxygen atoms in total. The highest BCUT2D eigenvalue weighted by Gasteiger charge is 2.37. The molecule has 0 aromatic carbocycles. The van der Waals surface area contributed by atoms with Crippen LogP contribution in [0.5, 0.6) is 0 Å².